The topological polar surface area (TPSA) is 68.2 Å². The zero-order valence-electron chi connectivity index (χ0n) is 12.8. The minimum atomic E-state index is -0.351. The number of esters is 1. The fourth-order valence-corrected chi connectivity index (χ4v) is 2.91. The summed E-state index contributed by atoms with van der Waals surface area (Å²) in [7, 11) is 4.44. The molecule has 1 aromatic rings. The van der Waals surface area contributed by atoms with Crippen LogP contribution in [0.15, 0.2) is 6.07 Å². The van der Waals surface area contributed by atoms with Crippen molar-refractivity contribution in [3.63, 3.8) is 0 Å². The van der Waals surface area contributed by atoms with Crippen LogP contribution in [0.3, 0.4) is 0 Å². The molecule has 0 bridgehead atoms. The van der Waals surface area contributed by atoms with E-state index in [0.29, 0.717) is 29.3 Å². The van der Waals surface area contributed by atoms with E-state index in [4.69, 9.17) is 14.2 Å². The summed E-state index contributed by atoms with van der Waals surface area (Å²) in [5.74, 6) is 0.730. The molecular formula is C15H21NO5. The molecule has 1 N–H and O–H groups in total. The van der Waals surface area contributed by atoms with Crippen LogP contribution < -0.4 is 14.4 Å². The Morgan fingerprint density at radius 2 is 1.95 bits per heavy atom. The summed E-state index contributed by atoms with van der Waals surface area (Å²) in [5, 5.41) is 10.1. The van der Waals surface area contributed by atoms with Crippen LogP contribution in [0.2, 0.25) is 0 Å². The molecule has 1 atom stereocenters. The first-order valence-electron chi connectivity index (χ1n) is 6.84. The van der Waals surface area contributed by atoms with Crippen molar-refractivity contribution in [2.45, 2.75) is 25.8 Å². The highest BCUT2D eigenvalue weighted by Gasteiger charge is 2.34. The van der Waals surface area contributed by atoms with Gasteiger partial charge in [0.2, 0.25) is 0 Å². The number of hydrogen-bond acceptors (Lipinski definition) is 6. The predicted molar refractivity (Wildman–Crippen MR) is 78.3 cm³/mol. The van der Waals surface area contributed by atoms with E-state index in [0.717, 1.165) is 12.8 Å². The highest BCUT2D eigenvalue weighted by Crippen LogP contribution is 2.45. The van der Waals surface area contributed by atoms with Gasteiger partial charge in [-0.05, 0) is 19.8 Å². The van der Waals surface area contributed by atoms with E-state index in [9.17, 15) is 9.90 Å². The first-order chi connectivity index (χ1) is 10.0. The fraction of sp³-hybridized carbons (Fsp3) is 0.533. The van der Waals surface area contributed by atoms with Crippen molar-refractivity contribution in [2.75, 3.05) is 32.8 Å². The van der Waals surface area contributed by atoms with Crippen molar-refractivity contribution in [1.29, 1.82) is 0 Å². The molecule has 1 unspecified atom stereocenters. The molecule has 1 aromatic carbocycles. The second kappa shape index (κ2) is 6.11. The van der Waals surface area contributed by atoms with E-state index >= 15 is 0 Å². The quantitative estimate of drug-likeness (QED) is 0.855. The third-order valence-corrected chi connectivity index (χ3v) is 3.86. The lowest BCUT2D eigenvalue weighted by Gasteiger charge is -2.28. The summed E-state index contributed by atoms with van der Waals surface area (Å²) < 4.78 is 15.5. The van der Waals surface area contributed by atoms with Gasteiger partial charge in [0.25, 0.3) is 0 Å². The Bertz CT molecular complexity index is 543. The Hall–Kier alpha value is -2.11. The van der Waals surface area contributed by atoms with Crippen LogP contribution in [0.25, 0.3) is 0 Å². The molecule has 0 aromatic heterocycles. The van der Waals surface area contributed by atoms with E-state index in [2.05, 4.69) is 0 Å². The molecule has 0 spiro atoms. The smallest absolute Gasteiger partial charge is 0.328 e. The molecule has 1 aliphatic rings. The lowest BCUT2D eigenvalue weighted by atomic mass is 10.1. The van der Waals surface area contributed by atoms with Crippen LogP contribution in [0.1, 0.15) is 18.4 Å². The number of phenolic OH excluding ortho intramolecular Hbond substituents is 1. The summed E-state index contributed by atoms with van der Waals surface area (Å²) in [6.45, 7) is 2.52. The van der Waals surface area contributed by atoms with Crippen molar-refractivity contribution >= 4 is 11.7 Å². The predicted octanol–water partition coefficient (Wildman–Crippen LogP) is 1.86. The third kappa shape index (κ3) is 2.57. The van der Waals surface area contributed by atoms with Gasteiger partial charge in [0.1, 0.15) is 11.8 Å². The van der Waals surface area contributed by atoms with Crippen LogP contribution in [0.4, 0.5) is 5.69 Å². The summed E-state index contributed by atoms with van der Waals surface area (Å²) in [4.78, 5) is 13.8. The molecule has 0 saturated carbocycles. The molecule has 1 heterocycles. The van der Waals surface area contributed by atoms with Crippen LogP contribution in [-0.4, -0.2) is 45.0 Å². The number of nitrogens with zero attached hydrogens (tertiary/aromatic N) is 1. The Labute approximate surface area is 124 Å². The maximum absolute atomic E-state index is 11.9. The molecule has 1 aliphatic heterocycles. The Morgan fingerprint density at radius 1 is 1.29 bits per heavy atom. The number of carbonyl (C=O) groups is 1. The molecule has 2 rings (SSSR count). The standard InChI is InChI=1S/C15H21NO5/c1-9-13(19-2)11(8-12(17)14(9)20-3)16-7-5-6-10(16)15(18)21-4/h8,10,17H,5-7H2,1-4H3. The maximum atomic E-state index is 11.9. The minimum Gasteiger partial charge on any atom is -0.504 e. The molecule has 21 heavy (non-hydrogen) atoms. The number of carbonyl (C=O) groups excluding carboxylic acids is 1. The highest BCUT2D eigenvalue weighted by atomic mass is 16.5. The second-order valence-corrected chi connectivity index (χ2v) is 4.98. The van der Waals surface area contributed by atoms with Crippen molar-refractivity contribution < 1.29 is 24.1 Å². The molecule has 116 valence electrons. The van der Waals surface area contributed by atoms with E-state index in [1.165, 1.54) is 14.2 Å². The van der Waals surface area contributed by atoms with E-state index in [1.54, 1.807) is 13.2 Å². The van der Waals surface area contributed by atoms with Gasteiger partial charge < -0.3 is 24.2 Å². The van der Waals surface area contributed by atoms with Gasteiger partial charge in [-0.25, -0.2) is 4.79 Å². The van der Waals surface area contributed by atoms with Gasteiger partial charge in [-0.1, -0.05) is 0 Å². The zero-order chi connectivity index (χ0) is 15.6. The number of methoxy groups -OCH3 is 3. The van der Waals surface area contributed by atoms with Crippen LogP contribution in [-0.2, 0) is 9.53 Å². The Balaban J connectivity index is 2.50. The van der Waals surface area contributed by atoms with Gasteiger partial charge in [0.15, 0.2) is 11.5 Å². The van der Waals surface area contributed by atoms with E-state index in [1.807, 2.05) is 11.8 Å². The monoisotopic (exact) mass is 295 g/mol. The number of rotatable bonds is 4. The first-order valence-corrected chi connectivity index (χ1v) is 6.84. The van der Waals surface area contributed by atoms with Gasteiger partial charge in [0, 0.05) is 18.2 Å². The first kappa shape index (κ1) is 15.3. The molecular weight excluding hydrogens is 274 g/mol. The average molecular weight is 295 g/mol. The average Bonchev–Trinajstić information content (AvgIpc) is 2.95. The highest BCUT2D eigenvalue weighted by molar-refractivity contribution is 5.83. The van der Waals surface area contributed by atoms with Gasteiger partial charge in [-0.2, -0.15) is 0 Å². The Morgan fingerprint density at radius 3 is 2.52 bits per heavy atom. The molecule has 0 aliphatic carbocycles. The lowest BCUT2D eigenvalue weighted by Crippen LogP contribution is -2.37. The maximum Gasteiger partial charge on any atom is 0.328 e. The number of aromatic hydroxyl groups is 1. The number of benzene rings is 1. The van der Waals surface area contributed by atoms with Gasteiger partial charge in [0.05, 0.1) is 27.0 Å². The number of anilines is 1. The molecule has 0 radical (unpaired) electrons. The molecule has 6 heteroatoms. The minimum absolute atomic E-state index is 0.0290. The van der Waals surface area contributed by atoms with Crippen LogP contribution in [0.5, 0.6) is 17.2 Å². The van der Waals surface area contributed by atoms with Gasteiger partial charge in [-0.15, -0.1) is 0 Å². The van der Waals surface area contributed by atoms with Crippen LogP contribution in [0, 0.1) is 6.92 Å². The molecule has 6 nitrogen and oxygen atoms in total. The summed E-state index contributed by atoms with van der Waals surface area (Å²) in [5.41, 5.74) is 1.38. The van der Waals surface area contributed by atoms with Gasteiger partial charge in [-0.3, -0.25) is 0 Å². The van der Waals surface area contributed by atoms with Crippen molar-refractivity contribution in [1.82, 2.24) is 0 Å². The van der Waals surface area contributed by atoms with Crippen molar-refractivity contribution in [2.24, 2.45) is 0 Å². The number of ether oxygens (including phenoxy) is 3. The van der Waals surface area contributed by atoms with Crippen LogP contribution >= 0.6 is 0 Å². The molecule has 1 fully saturated rings. The Kier molecular flexibility index (Phi) is 4.45. The summed E-state index contributed by atoms with van der Waals surface area (Å²) in [6, 6.07) is 1.22. The normalized spacial score (nSPS) is 17.7. The fourth-order valence-electron chi connectivity index (χ4n) is 2.91. The zero-order valence-corrected chi connectivity index (χ0v) is 12.8. The molecule has 1 saturated heterocycles. The largest absolute Gasteiger partial charge is 0.504 e. The third-order valence-electron chi connectivity index (χ3n) is 3.86. The van der Waals surface area contributed by atoms with E-state index in [-0.39, 0.29) is 17.8 Å². The van der Waals surface area contributed by atoms with Crippen molar-refractivity contribution in [3.8, 4) is 17.2 Å². The summed E-state index contributed by atoms with van der Waals surface area (Å²) in [6.07, 6.45) is 1.61. The molecule has 0 amide bonds. The van der Waals surface area contributed by atoms with E-state index < -0.39 is 0 Å². The second-order valence-electron chi connectivity index (χ2n) is 4.98. The SMILES string of the molecule is COC(=O)C1CCCN1c1cc(O)c(OC)c(C)c1OC. The number of hydrogen-bond donors (Lipinski definition) is 1. The van der Waals surface area contributed by atoms with Gasteiger partial charge >= 0.3 is 5.97 Å². The lowest BCUT2D eigenvalue weighted by molar-refractivity contribution is -0.141. The number of phenols is 1. The van der Waals surface area contributed by atoms with Crippen molar-refractivity contribution in [3.05, 3.63) is 11.6 Å². The summed E-state index contributed by atoms with van der Waals surface area (Å²) >= 11 is 0.